The predicted molar refractivity (Wildman–Crippen MR) is 52.4 cm³/mol. The van der Waals surface area contributed by atoms with Crippen molar-refractivity contribution in [1.82, 2.24) is 0 Å². The molecular formula is C9H9BrO3. The maximum Gasteiger partial charge on any atom is 0.172 e. The Morgan fingerprint density at radius 2 is 2.15 bits per heavy atom. The summed E-state index contributed by atoms with van der Waals surface area (Å²) in [6, 6.07) is 3.15. The topological polar surface area (TPSA) is 46.5 Å². The van der Waals surface area contributed by atoms with Gasteiger partial charge in [-0.3, -0.25) is 4.79 Å². The molecule has 3 nitrogen and oxygen atoms in total. The van der Waals surface area contributed by atoms with E-state index in [9.17, 15) is 9.90 Å². The van der Waals surface area contributed by atoms with Crippen molar-refractivity contribution in [3.63, 3.8) is 0 Å². The van der Waals surface area contributed by atoms with E-state index in [0.717, 1.165) is 0 Å². The van der Waals surface area contributed by atoms with Gasteiger partial charge in [0.25, 0.3) is 0 Å². The van der Waals surface area contributed by atoms with Crippen molar-refractivity contribution in [2.24, 2.45) is 0 Å². The molecule has 0 fully saturated rings. The maximum atomic E-state index is 11.0. The number of ketones is 1. The van der Waals surface area contributed by atoms with Crippen LogP contribution in [0.15, 0.2) is 16.6 Å². The molecule has 0 unspecified atom stereocenters. The first kappa shape index (κ1) is 10.1. The second kappa shape index (κ2) is 3.79. The van der Waals surface area contributed by atoms with Crippen molar-refractivity contribution < 1.29 is 14.6 Å². The van der Waals surface area contributed by atoms with Crippen molar-refractivity contribution in [2.45, 2.75) is 6.92 Å². The van der Waals surface area contributed by atoms with E-state index in [1.807, 2.05) is 0 Å². The van der Waals surface area contributed by atoms with Crippen molar-refractivity contribution in [1.29, 1.82) is 0 Å². The van der Waals surface area contributed by atoms with Crippen molar-refractivity contribution in [2.75, 3.05) is 7.11 Å². The molecule has 0 radical (unpaired) electrons. The number of Topliss-reactive ketones (excluding diaryl/α,β-unsaturated/α-hetero) is 1. The van der Waals surface area contributed by atoms with Gasteiger partial charge >= 0.3 is 0 Å². The highest BCUT2D eigenvalue weighted by molar-refractivity contribution is 9.10. The SMILES string of the molecule is COc1ccc(C(C)=O)c(Br)c1O. The van der Waals surface area contributed by atoms with Crippen LogP contribution in [0.25, 0.3) is 0 Å². The zero-order valence-corrected chi connectivity index (χ0v) is 8.88. The first-order valence-corrected chi connectivity index (χ1v) is 4.43. The van der Waals surface area contributed by atoms with Crippen LogP contribution >= 0.6 is 15.9 Å². The molecule has 0 aliphatic carbocycles. The van der Waals surface area contributed by atoms with E-state index in [-0.39, 0.29) is 11.5 Å². The summed E-state index contributed by atoms with van der Waals surface area (Å²) in [7, 11) is 1.45. The van der Waals surface area contributed by atoms with Gasteiger partial charge in [0, 0.05) is 5.56 Å². The third-order valence-electron chi connectivity index (χ3n) is 1.68. The second-order valence-corrected chi connectivity index (χ2v) is 3.33. The van der Waals surface area contributed by atoms with Crippen LogP contribution in [0.4, 0.5) is 0 Å². The Morgan fingerprint density at radius 1 is 1.54 bits per heavy atom. The number of methoxy groups -OCH3 is 1. The van der Waals surface area contributed by atoms with Gasteiger partial charge < -0.3 is 9.84 Å². The summed E-state index contributed by atoms with van der Waals surface area (Å²) < 4.78 is 5.24. The fourth-order valence-electron chi connectivity index (χ4n) is 0.983. The molecule has 0 heterocycles. The van der Waals surface area contributed by atoms with Crippen LogP contribution in [0.3, 0.4) is 0 Å². The van der Waals surface area contributed by atoms with Crippen LogP contribution in [-0.2, 0) is 0 Å². The molecule has 70 valence electrons. The zero-order valence-electron chi connectivity index (χ0n) is 7.30. The lowest BCUT2D eigenvalue weighted by molar-refractivity contribution is 0.101. The fraction of sp³-hybridized carbons (Fsp3) is 0.222. The van der Waals surface area contributed by atoms with E-state index < -0.39 is 0 Å². The molecule has 0 amide bonds. The van der Waals surface area contributed by atoms with E-state index in [4.69, 9.17) is 4.74 Å². The number of aromatic hydroxyl groups is 1. The van der Waals surface area contributed by atoms with Gasteiger partial charge in [0.2, 0.25) is 0 Å². The smallest absolute Gasteiger partial charge is 0.172 e. The van der Waals surface area contributed by atoms with Crippen LogP contribution < -0.4 is 4.74 Å². The van der Waals surface area contributed by atoms with Crippen molar-refractivity contribution >= 4 is 21.7 Å². The number of carbonyl (C=O) groups is 1. The van der Waals surface area contributed by atoms with Gasteiger partial charge in [-0.15, -0.1) is 0 Å². The summed E-state index contributed by atoms with van der Waals surface area (Å²) in [5.74, 6) is 0.192. The van der Waals surface area contributed by atoms with Gasteiger partial charge in [0.05, 0.1) is 11.6 Å². The minimum Gasteiger partial charge on any atom is -0.503 e. The lowest BCUT2D eigenvalue weighted by Gasteiger charge is -2.07. The third-order valence-corrected chi connectivity index (χ3v) is 2.48. The van der Waals surface area contributed by atoms with Crippen molar-refractivity contribution in [3.8, 4) is 11.5 Å². The van der Waals surface area contributed by atoms with Gasteiger partial charge in [-0.1, -0.05) is 0 Å². The molecule has 0 saturated heterocycles. The summed E-state index contributed by atoms with van der Waals surface area (Å²) in [6.07, 6.45) is 0. The molecule has 0 spiro atoms. The largest absolute Gasteiger partial charge is 0.503 e. The summed E-state index contributed by atoms with van der Waals surface area (Å²) in [5, 5.41) is 9.50. The summed E-state index contributed by atoms with van der Waals surface area (Å²) in [5.41, 5.74) is 0.443. The van der Waals surface area contributed by atoms with Gasteiger partial charge in [-0.05, 0) is 35.0 Å². The molecule has 0 aliphatic rings. The Bertz CT molecular complexity index is 347. The molecule has 0 atom stereocenters. The number of halogens is 1. The molecule has 1 aromatic rings. The third kappa shape index (κ3) is 1.83. The molecule has 0 saturated carbocycles. The molecule has 13 heavy (non-hydrogen) atoms. The fourth-order valence-corrected chi connectivity index (χ4v) is 1.59. The number of phenols is 1. The number of hydrogen-bond donors (Lipinski definition) is 1. The average Bonchev–Trinajstić information content (AvgIpc) is 2.09. The van der Waals surface area contributed by atoms with Gasteiger partial charge in [0.15, 0.2) is 17.3 Å². The van der Waals surface area contributed by atoms with Crippen LogP contribution in [0.2, 0.25) is 0 Å². The number of hydrogen-bond acceptors (Lipinski definition) is 3. The van der Waals surface area contributed by atoms with E-state index >= 15 is 0 Å². The summed E-state index contributed by atoms with van der Waals surface area (Å²) in [6.45, 7) is 1.44. The van der Waals surface area contributed by atoms with E-state index in [0.29, 0.717) is 15.8 Å². The molecule has 1 N–H and O–H groups in total. The van der Waals surface area contributed by atoms with Gasteiger partial charge in [-0.25, -0.2) is 0 Å². The monoisotopic (exact) mass is 244 g/mol. The maximum absolute atomic E-state index is 11.0. The molecule has 0 aliphatic heterocycles. The Labute approximate surface area is 84.5 Å². The van der Waals surface area contributed by atoms with Crippen LogP contribution in [-0.4, -0.2) is 18.0 Å². The Balaban J connectivity index is 3.31. The molecule has 4 heteroatoms. The lowest BCUT2D eigenvalue weighted by Crippen LogP contribution is -1.95. The quantitative estimate of drug-likeness (QED) is 0.813. The Kier molecular flexibility index (Phi) is 2.93. The highest BCUT2D eigenvalue weighted by Gasteiger charge is 2.12. The van der Waals surface area contributed by atoms with Crippen molar-refractivity contribution in [3.05, 3.63) is 22.2 Å². The van der Waals surface area contributed by atoms with Crippen LogP contribution in [0.5, 0.6) is 11.5 Å². The highest BCUT2D eigenvalue weighted by atomic mass is 79.9. The minimum absolute atomic E-state index is 0.0461. The zero-order chi connectivity index (χ0) is 10.0. The number of ether oxygens (including phenoxy) is 1. The standard InChI is InChI=1S/C9H9BrO3/c1-5(11)6-3-4-7(13-2)9(12)8(6)10/h3-4,12H,1-2H3. The average molecular weight is 245 g/mol. The van der Waals surface area contributed by atoms with E-state index in [1.54, 1.807) is 12.1 Å². The Hall–Kier alpha value is -1.03. The van der Waals surface area contributed by atoms with Crippen LogP contribution in [0, 0.1) is 0 Å². The predicted octanol–water partition coefficient (Wildman–Crippen LogP) is 2.37. The van der Waals surface area contributed by atoms with Crippen LogP contribution in [0.1, 0.15) is 17.3 Å². The molecule has 0 bridgehead atoms. The summed E-state index contributed by atoms with van der Waals surface area (Å²) >= 11 is 3.12. The normalized spacial score (nSPS) is 9.77. The minimum atomic E-state index is -0.107. The summed E-state index contributed by atoms with van der Waals surface area (Å²) in [4.78, 5) is 11.0. The number of rotatable bonds is 2. The Morgan fingerprint density at radius 3 is 2.62 bits per heavy atom. The van der Waals surface area contributed by atoms with E-state index in [2.05, 4.69) is 15.9 Å². The molecule has 0 aromatic heterocycles. The molecule has 1 aromatic carbocycles. The number of phenolic OH excluding ortho intramolecular Hbond substituents is 1. The number of benzene rings is 1. The molecular weight excluding hydrogens is 236 g/mol. The number of carbonyl (C=O) groups excluding carboxylic acids is 1. The highest BCUT2D eigenvalue weighted by Crippen LogP contribution is 2.36. The first-order chi connectivity index (χ1) is 6.07. The molecule has 1 rings (SSSR count). The van der Waals surface area contributed by atoms with Gasteiger partial charge in [-0.2, -0.15) is 0 Å². The second-order valence-electron chi connectivity index (χ2n) is 2.53. The van der Waals surface area contributed by atoms with Gasteiger partial charge in [0.1, 0.15) is 0 Å². The van der Waals surface area contributed by atoms with E-state index in [1.165, 1.54) is 14.0 Å². The first-order valence-electron chi connectivity index (χ1n) is 3.64. The lowest BCUT2D eigenvalue weighted by atomic mass is 10.1.